The lowest BCUT2D eigenvalue weighted by Crippen LogP contribution is -2.94. The summed E-state index contributed by atoms with van der Waals surface area (Å²) < 4.78 is 6.00. The summed E-state index contributed by atoms with van der Waals surface area (Å²) in [5.41, 5.74) is 2.46. The largest absolute Gasteiger partial charge is 0.455 e. The van der Waals surface area contributed by atoms with Crippen LogP contribution in [0.4, 0.5) is 0 Å². The van der Waals surface area contributed by atoms with E-state index < -0.39 is 6.10 Å². The minimum absolute atomic E-state index is 0.185. The van der Waals surface area contributed by atoms with Crippen LogP contribution in [0.25, 0.3) is 11.3 Å². The lowest BCUT2D eigenvalue weighted by atomic mass is 9.82. The normalized spacial score (nSPS) is 14.0. The van der Waals surface area contributed by atoms with Crippen molar-refractivity contribution in [3.63, 3.8) is 0 Å². The number of aliphatic hydroxyl groups excluding tert-OH is 1. The van der Waals surface area contributed by atoms with Crippen molar-refractivity contribution in [3.8, 4) is 11.3 Å². The molecule has 0 bridgehead atoms. The van der Waals surface area contributed by atoms with E-state index in [1.165, 1.54) is 0 Å². The van der Waals surface area contributed by atoms with Crippen molar-refractivity contribution in [2.45, 2.75) is 66.2 Å². The minimum atomic E-state index is -0.439. The summed E-state index contributed by atoms with van der Waals surface area (Å²) in [6.07, 6.45) is 0.708. The summed E-state index contributed by atoms with van der Waals surface area (Å²) in [5, 5.41) is 11.9. The Kier molecular flexibility index (Phi) is 5.56. The molecule has 0 aliphatic heterocycles. The van der Waals surface area contributed by atoms with Crippen molar-refractivity contribution in [1.29, 1.82) is 0 Å². The lowest BCUT2D eigenvalue weighted by molar-refractivity contribution is -0.738. The first-order valence-corrected chi connectivity index (χ1v) is 8.77. The molecule has 3 heteroatoms. The van der Waals surface area contributed by atoms with Crippen molar-refractivity contribution in [1.82, 2.24) is 0 Å². The molecule has 2 aromatic rings. The molecular weight excluding hydrogens is 298 g/mol. The molecule has 0 unspecified atom stereocenters. The summed E-state index contributed by atoms with van der Waals surface area (Å²) in [6.45, 7) is 14.0. The third-order valence-electron chi connectivity index (χ3n) is 4.18. The van der Waals surface area contributed by atoms with E-state index in [4.69, 9.17) is 4.42 Å². The maximum Gasteiger partial charge on any atom is 0.158 e. The minimum Gasteiger partial charge on any atom is -0.455 e. The van der Waals surface area contributed by atoms with Crippen LogP contribution in [0.1, 0.15) is 65.4 Å². The molecular formula is C21H32NO2+. The van der Waals surface area contributed by atoms with E-state index in [9.17, 15) is 5.11 Å². The number of benzene rings is 1. The first-order chi connectivity index (χ1) is 11.1. The maximum atomic E-state index is 9.59. The smallest absolute Gasteiger partial charge is 0.158 e. The fourth-order valence-electron chi connectivity index (χ4n) is 3.38. The Bertz CT molecular complexity index is 645. The average molecular weight is 330 g/mol. The summed E-state index contributed by atoms with van der Waals surface area (Å²) in [5.74, 6) is 1.87. The van der Waals surface area contributed by atoms with Crippen molar-refractivity contribution >= 4 is 0 Å². The third kappa shape index (κ3) is 5.50. The van der Waals surface area contributed by atoms with Gasteiger partial charge in [0.25, 0.3) is 0 Å². The molecule has 1 heterocycles. The quantitative estimate of drug-likeness (QED) is 0.830. The van der Waals surface area contributed by atoms with Gasteiger partial charge in [-0.1, -0.05) is 45.0 Å². The Labute approximate surface area is 146 Å². The molecule has 1 aromatic carbocycles. The maximum absolute atomic E-state index is 9.59. The predicted octanol–water partition coefficient (Wildman–Crippen LogP) is 4.28. The zero-order chi connectivity index (χ0) is 18.0. The van der Waals surface area contributed by atoms with Crippen LogP contribution in [-0.2, 0) is 6.54 Å². The number of rotatable bonds is 6. The zero-order valence-corrected chi connectivity index (χ0v) is 15.9. The number of nitrogens with two attached hydrogens (primary N) is 1. The zero-order valence-electron chi connectivity index (χ0n) is 15.9. The van der Waals surface area contributed by atoms with Gasteiger partial charge in [-0.15, -0.1) is 0 Å². The van der Waals surface area contributed by atoms with Gasteiger partial charge >= 0.3 is 0 Å². The van der Waals surface area contributed by atoms with E-state index >= 15 is 0 Å². The second kappa shape index (κ2) is 7.12. The molecule has 3 N–H and O–H groups in total. The number of aliphatic hydroxyl groups is 1. The highest BCUT2D eigenvalue weighted by atomic mass is 16.3. The first kappa shape index (κ1) is 18.8. The standard InChI is InChI=1S/C21H31NO2/c1-15(23)16-7-9-17(10-8-16)19-12-11-18(24-19)13-22-21(5,6)14-20(2,3)4/h7-12,15,22-23H,13-14H2,1-6H3/p+1/t15-/m1/s1. The van der Waals surface area contributed by atoms with Gasteiger partial charge in [0, 0.05) is 12.0 Å². The second-order valence-corrected chi connectivity index (χ2v) is 8.70. The molecule has 1 atom stereocenters. The van der Waals surface area contributed by atoms with Gasteiger partial charge in [0.2, 0.25) is 0 Å². The summed E-state index contributed by atoms with van der Waals surface area (Å²) in [6, 6.07) is 12.0. The van der Waals surface area contributed by atoms with E-state index in [1.807, 2.05) is 30.3 Å². The van der Waals surface area contributed by atoms with Crippen LogP contribution in [0.15, 0.2) is 40.8 Å². The van der Waals surface area contributed by atoms with Gasteiger partial charge in [0.1, 0.15) is 12.3 Å². The van der Waals surface area contributed by atoms with Crippen LogP contribution in [0.5, 0.6) is 0 Å². The van der Waals surface area contributed by atoms with Crippen LogP contribution < -0.4 is 5.32 Å². The average Bonchev–Trinajstić information content (AvgIpc) is 2.92. The second-order valence-electron chi connectivity index (χ2n) is 8.70. The molecule has 2 rings (SSSR count). The van der Waals surface area contributed by atoms with Crippen LogP contribution in [-0.4, -0.2) is 10.6 Å². The number of furan rings is 1. The fourth-order valence-corrected chi connectivity index (χ4v) is 3.38. The molecule has 0 saturated heterocycles. The molecule has 0 radical (unpaired) electrons. The van der Waals surface area contributed by atoms with E-state index in [0.29, 0.717) is 5.41 Å². The lowest BCUT2D eigenvalue weighted by Gasteiger charge is -2.30. The monoisotopic (exact) mass is 330 g/mol. The van der Waals surface area contributed by atoms with Crippen molar-refractivity contribution in [2.24, 2.45) is 5.41 Å². The first-order valence-electron chi connectivity index (χ1n) is 8.77. The van der Waals surface area contributed by atoms with Gasteiger partial charge in [-0.25, -0.2) is 0 Å². The molecule has 0 amide bonds. The van der Waals surface area contributed by atoms with E-state index in [1.54, 1.807) is 6.92 Å². The Morgan fingerprint density at radius 2 is 1.62 bits per heavy atom. The van der Waals surface area contributed by atoms with E-state index in [0.717, 1.165) is 35.6 Å². The highest BCUT2D eigenvalue weighted by Crippen LogP contribution is 2.26. The third-order valence-corrected chi connectivity index (χ3v) is 4.18. The SMILES string of the molecule is C[C@@H](O)c1ccc(-c2ccc(C[NH2+]C(C)(C)CC(C)(C)C)o2)cc1. The highest BCUT2D eigenvalue weighted by molar-refractivity contribution is 5.58. The molecule has 0 aliphatic carbocycles. The van der Waals surface area contributed by atoms with Crippen molar-refractivity contribution in [3.05, 3.63) is 47.7 Å². The molecule has 1 aromatic heterocycles. The van der Waals surface area contributed by atoms with E-state index in [2.05, 4.69) is 46.0 Å². The molecule has 0 spiro atoms. The Balaban J connectivity index is 2.00. The van der Waals surface area contributed by atoms with Gasteiger partial charge < -0.3 is 14.8 Å². The van der Waals surface area contributed by atoms with E-state index in [-0.39, 0.29) is 5.54 Å². The van der Waals surface area contributed by atoms with Crippen molar-refractivity contribution in [2.75, 3.05) is 0 Å². The molecule has 3 nitrogen and oxygen atoms in total. The van der Waals surface area contributed by atoms with Gasteiger partial charge in [0.05, 0.1) is 11.6 Å². The molecule has 0 fully saturated rings. The van der Waals surface area contributed by atoms with Crippen LogP contribution in [0.3, 0.4) is 0 Å². The van der Waals surface area contributed by atoms with Crippen LogP contribution in [0.2, 0.25) is 0 Å². The summed E-state index contributed by atoms with van der Waals surface area (Å²) >= 11 is 0. The Morgan fingerprint density at radius 3 is 2.17 bits per heavy atom. The fraction of sp³-hybridized carbons (Fsp3) is 0.524. The van der Waals surface area contributed by atoms with Gasteiger partial charge in [-0.05, 0) is 43.9 Å². The number of quaternary nitrogens is 1. The van der Waals surface area contributed by atoms with Crippen LogP contribution >= 0.6 is 0 Å². The summed E-state index contributed by atoms with van der Waals surface area (Å²) in [7, 11) is 0. The van der Waals surface area contributed by atoms with Crippen molar-refractivity contribution < 1.29 is 14.8 Å². The predicted molar refractivity (Wildman–Crippen MR) is 98.6 cm³/mol. The number of hydrogen-bond donors (Lipinski definition) is 2. The Morgan fingerprint density at radius 1 is 1.00 bits per heavy atom. The molecule has 0 aliphatic rings. The topological polar surface area (TPSA) is 50.0 Å². The Hall–Kier alpha value is -1.58. The summed E-state index contributed by atoms with van der Waals surface area (Å²) in [4.78, 5) is 0. The van der Waals surface area contributed by atoms with Crippen LogP contribution in [0, 0.1) is 5.41 Å². The number of hydrogen-bond acceptors (Lipinski definition) is 2. The van der Waals surface area contributed by atoms with Gasteiger partial charge in [-0.3, -0.25) is 0 Å². The van der Waals surface area contributed by atoms with Gasteiger partial charge in [-0.2, -0.15) is 0 Å². The highest BCUT2D eigenvalue weighted by Gasteiger charge is 2.28. The molecule has 132 valence electrons. The van der Waals surface area contributed by atoms with Gasteiger partial charge in [0.15, 0.2) is 5.76 Å². The molecule has 24 heavy (non-hydrogen) atoms. The molecule has 0 saturated carbocycles.